The average molecular weight is 285 g/mol. The molecule has 20 heavy (non-hydrogen) atoms. The summed E-state index contributed by atoms with van der Waals surface area (Å²) in [6.45, 7) is 9.84. The first-order chi connectivity index (χ1) is 9.33. The molecule has 0 bridgehead atoms. The second-order valence-corrected chi connectivity index (χ2v) is 3.36. The van der Waals surface area contributed by atoms with E-state index in [9.17, 15) is 14.4 Å². The Morgan fingerprint density at radius 2 is 1.85 bits per heavy atom. The number of carbonyl (C=O) groups excluding carboxylic acids is 3. The zero-order valence-corrected chi connectivity index (χ0v) is 12.0. The molecule has 0 aliphatic carbocycles. The topological polar surface area (TPSA) is 91.3 Å². The SMILES string of the molecule is C=C(C(=O)OC)C(C)OC.C=CC(=O)OC(C)N=C=O. The number of ether oxygens (including phenoxy) is 3. The molecule has 112 valence electrons. The van der Waals surface area contributed by atoms with Gasteiger partial charge in [-0.25, -0.2) is 14.4 Å². The van der Waals surface area contributed by atoms with Crippen molar-refractivity contribution in [2.75, 3.05) is 14.2 Å². The minimum atomic E-state index is -0.775. The van der Waals surface area contributed by atoms with Gasteiger partial charge < -0.3 is 14.2 Å². The molecular weight excluding hydrogens is 266 g/mol. The van der Waals surface area contributed by atoms with Crippen LogP contribution < -0.4 is 0 Å². The maximum Gasteiger partial charge on any atom is 0.335 e. The maximum atomic E-state index is 10.7. The van der Waals surface area contributed by atoms with Crippen LogP contribution in [0.5, 0.6) is 0 Å². The number of hydrogen-bond donors (Lipinski definition) is 0. The highest BCUT2D eigenvalue weighted by atomic mass is 16.6. The first-order valence-corrected chi connectivity index (χ1v) is 5.53. The number of carbonyl (C=O) groups is 2. The predicted molar refractivity (Wildman–Crippen MR) is 71.5 cm³/mol. The van der Waals surface area contributed by atoms with Crippen LogP contribution in [0.1, 0.15) is 13.8 Å². The second kappa shape index (κ2) is 11.8. The van der Waals surface area contributed by atoms with E-state index in [1.165, 1.54) is 27.2 Å². The van der Waals surface area contributed by atoms with Crippen LogP contribution >= 0.6 is 0 Å². The first kappa shape index (κ1) is 20.1. The molecule has 0 aromatic heterocycles. The zero-order valence-electron chi connectivity index (χ0n) is 12.0. The summed E-state index contributed by atoms with van der Waals surface area (Å²) in [5, 5.41) is 0. The molecule has 0 aliphatic heterocycles. The van der Waals surface area contributed by atoms with Gasteiger partial charge in [0, 0.05) is 13.2 Å². The number of rotatable bonds is 6. The third kappa shape index (κ3) is 9.76. The van der Waals surface area contributed by atoms with E-state index in [1.807, 2.05) is 0 Å². The molecule has 0 saturated carbocycles. The molecule has 7 nitrogen and oxygen atoms in total. The number of nitrogens with zero attached hydrogens (tertiary/aromatic N) is 1. The number of esters is 2. The maximum absolute atomic E-state index is 10.7. The molecule has 0 aromatic rings. The third-order valence-electron chi connectivity index (χ3n) is 1.98. The summed E-state index contributed by atoms with van der Waals surface area (Å²) in [5.74, 6) is -1.03. The largest absolute Gasteiger partial charge is 0.466 e. The summed E-state index contributed by atoms with van der Waals surface area (Å²) < 4.78 is 13.7. The molecule has 0 rings (SSSR count). The van der Waals surface area contributed by atoms with Crippen LogP contribution in [0.25, 0.3) is 0 Å². The quantitative estimate of drug-likeness (QED) is 0.314. The van der Waals surface area contributed by atoms with E-state index in [0.29, 0.717) is 5.57 Å². The first-order valence-electron chi connectivity index (χ1n) is 5.53. The van der Waals surface area contributed by atoms with Gasteiger partial charge in [-0.1, -0.05) is 13.2 Å². The molecule has 0 heterocycles. The van der Waals surface area contributed by atoms with Gasteiger partial charge in [0.1, 0.15) is 0 Å². The standard InChI is InChI=1S/C7H12O3.C6H7NO3/c1-5(6(2)9-3)7(8)10-4;1-3-6(9)10-5(2)7-4-8/h6H,1H2,2-4H3;3,5H,1H2,2H3. The molecule has 0 fully saturated rings. The van der Waals surface area contributed by atoms with E-state index in [4.69, 9.17) is 4.74 Å². The van der Waals surface area contributed by atoms with Gasteiger partial charge in [0.25, 0.3) is 0 Å². The number of aliphatic imine (C=N–C) groups is 1. The van der Waals surface area contributed by atoms with Gasteiger partial charge in [0.2, 0.25) is 12.3 Å². The highest BCUT2D eigenvalue weighted by Gasteiger charge is 2.13. The van der Waals surface area contributed by atoms with Crippen LogP contribution in [-0.4, -0.2) is 44.6 Å². The molecule has 7 heteroatoms. The monoisotopic (exact) mass is 285 g/mol. The fourth-order valence-electron chi connectivity index (χ4n) is 0.756. The van der Waals surface area contributed by atoms with E-state index in [-0.39, 0.29) is 6.10 Å². The Morgan fingerprint density at radius 1 is 1.30 bits per heavy atom. The Kier molecular flexibility index (Phi) is 11.9. The molecule has 0 aliphatic rings. The van der Waals surface area contributed by atoms with Crippen molar-refractivity contribution in [3.63, 3.8) is 0 Å². The fraction of sp³-hybridized carbons (Fsp3) is 0.462. The number of isocyanates is 1. The number of hydrogen-bond acceptors (Lipinski definition) is 7. The van der Waals surface area contributed by atoms with E-state index in [2.05, 4.69) is 27.6 Å². The number of methoxy groups -OCH3 is 2. The van der Waals surface area contributed by atoms with Crippen LogP contribution in [0.15, 0.2) is 29.8 Å². The van der Waals surface area contributed by atoms with Gasteiger partial charge >= 0.3 is 11.9 Å². The van der Waals surface area contributed by atoms with Crippen LogP contribution in [0.4, 0.5) is 0 Å². The predicted octanol–water partition coefficient (Wildman–Crippen LogP) is 1.15. The van der Waals surface area contributed by atoms with Crippen LogP contribution in [0.3, 0.4) is 0 Å². The van der Waals surface area contributed by atoms with E-state index < -0.39 is 18.2 Å². The van der Waals surface area contributed by atoms with Crippen LogP contribution in [0.2, 0.25) is 0 Å². The lowest BCUT2D eigenvalue weighted by atomic mass is 10.2. The van der Waals surface area contributed by atoms with Crippen molar-refractivity contribution >= 4 is 18.0 Å². The lowest BCUT2D eigenvalue weighted by Gasteiger charge is -2.09. The average Bonchev–Trinajstić information content (AvgIpc) is 2.45. The lowest BCUT2D eigenvalue weighted by molar-refractivity contribution is -0.141. The van der Waals surface area contributed by atoms with Crippen molar-refractivity contribution in [2.24, 2.45) is 4.99 Å². The van der Waals surface area contributed by atoms with Crippen molar-refractivity contribution in [3.8, 4) is 0 Å². The Bertz CT molecular complexity index is 398. The fourth-order valence-corrected chi connectivity index (χ4v) is 0.756. The Balaban J connectivity index is 0. The normalized spacial score (nSPS) is 11.6. The molecular formula is C13H19NO6. The van der Waals surface area contributed by atoms with E-state index >= 15 is 0 Å². The van der Waals surface area contributed by atoms with E-state index in [1.54, 1.807) is 6.92 Å². The molecule has 2 atom stereocenters. The van der Waals surface area contributed by atoms with Crippen molar-refractivity contribution in [1.82, 2.24) is 0 Å². The summed E-state index contributed by atoms with van der Waals surface area (Å²) in [6, 6.07) is 0. The smallest absolute Gasteiger partial charge is 0.335 e. The Labute approximate surface area is 117 Å². The summed E-state index contributed by atoms with van der Waals surface area (Å²) in [4.78, 5) is 33.8. The van der Waals surface area contributed by atoms with Gasteiger partial charge in [-0.3, -0.25) is 0 Å². The summed E-state index contributed by atoms with van der Waals surface area (Å²) in [6.07, 6.45) is 1.21. The summed E-state index contributed by atoms with van der Waals surface area (Å²) in [5.41, 5.74) is 0.338. The van der Waals surface area contributed by atoms with Crippen molar-refractivity contribution in [1.29, 1.82) is 0 Å². The van der Waals surface area contributed by atoms with Gasteiger partial charge in [-0.15, -0.1) is 0 Å². The molecule has 0 spiro atoms. The minimum absolute atomic E-state index is 0.271. The molecule has 2 unspecified atom stereocenters. The highest BCUT2D eigenvalue weighted by Crippen LogP contribution is 2.03. The third-order valence-corrected chi connectivity index (χ3v) is 1.98. The molecule has 0 amide bonds. The highest BCUT2D eigenvalue weighted by molar-refractivity contribution is 5.88. The van der Waals surface area contributed by atoms with Gasteiger partial charge in [0.05, 0.1) is 18.8 Å². The van der Waals surface area contributed by atoms with Crippen molar-refractivity contribution in [2.45, 2.75) is 26.2 Å². The summed E-state index contributed by atoms with van der Waals surface area (Å²) in [7, 11) is 2.83. The molecule has 0 saturated heterocycles. The second-order valence-electron chi connectivity index (χ2n) is 3.36. The molecule has 0 aromatic carbocycles. The van der Waals surface area contributed by atoms with Gasteiger partial charge in [0.15, 0.2) is 0 Å². The minimum Gasteiger partial charge on any atom is -0.466 e. The molecule has 0 radical (unpaired) electrons. The van der Waals surface area contributed by atoms with Crippen molar-refractivity contribution < 1.29 is 28.6 Å². The Hall–Kier alpha value is -2.24. The zero-order chi connectivity index (χ0) is 16.1. The van der Waals surface area contributed by atoms with Gasteiger partial charge in [-0.05, 0) is 13.8 Å². The van der Waals surface area contributed by atoms with Crippen LogP contribution in [0, 0.1) is 0 Å². The summed E-state index contributed by atoms with van der Waals surface area (Å²) >= 11 is 0. The molecule has 0 N–H and O–H groups in total. The van der Waals surface area contributed by atoms with E-state index in [0.717, 1.165) is 6.08 Å². The van der Waals surface area contributed by atoms with Crippen LogP contribution in [-0.2, 0) is 28.6 Å². The van der Waals surface area contributed by atoms with Crippen molar-refractivity contribution in [3.05, 3.63) is 24.8 Å². The van der Waals surface area contributed by atoms with Gasteiger partial charge in [-0.2, -0.15) is 4.99 Å². The Morgan fingerprint density at radius 3 is 2.20 bits per heavy atom. The lowest BCUT2D eigenvalue weighted by Crippen LogP contribution is -2.16.